The number of nitrogens with zero attached hydrogens (tertiary/aromatic N) is 1. The first-order valence-electron chi connectivity index (χ1n) is 12.5. The topological polar surface area (TPSA) is 62.2 Å². The number of halogens is 1. The molecular weight excluding hydrogens is 482 g/mol. The van der Waals surface area contributed by atoms with Gasteiger partial charge >= 0.3 is 0 Å². The first-order valence-corrected chi connectivity index (χ1v) is 13.7. The highest BCUT2D eigenvalue weighted by Crippen LogP contribution is 2.57. The van der Waals surface area contributed by atoms with E-state index < -0.39 is 17.8 Å². The van der Waals surface area contributed by atoms with Crippen LogP contribution in [0.4, 0.5) is 0 Å². The van der Waals surface area contributed by atoms with Crippen molar-refractivity contribution in [3.8, 4) is 11.5 Å². The van der Waals surface area contributed by atoms with Crippen LogP contribution in [0.15, 0.2) is 36.4 Å². The maximum atomic E-state index is 11.6. The summed E-state index contributed by atoms with van der Waals surface area (Å²) in [4.78, 5) is 3.32. The van der Waals surface area contributed by atoms with Gasteiger partial charge in [0.2, 0.25) is 0 Å². The summed E-state index contributed by atoms with van der Waals surface area (Å²) in [6, 6.07) is 7.66. The average Bonchev–Trinajstić information content (AvgIpc) is 3.43. The van der Waals surface area contributed by atoms with Gasteiger partial charge in [0, 0.05) is 35.6 Å². The zero-order chi connectivity index (χ0) is 25.1. The van der Waals surface area contributed by atoms with E-state index >= 15 is 0 Å². The molecule has 2 N–H and O–H groups in total. The molecule has 3 heterocycles. The molecule has 1 saturated carbocycles. The quantitative estimate of drug-likeness (QED) is 0.455. The van der Waals surface area contributed by atoms with Crippen molar-refractivity contribution in [2.24, 2.45) is 5.92 Å². The molecule has 2 aromatic rings. The lowest BCUT2D eigenvalue weighted by Crippen LogP contribution is -2.57. The number of phenols is 1. The molecule has 35 heavy (non-hydrogen) atoms. The van der Waals surface area contributed by atoms with E-state index in [-0.39, 0.29) is 11.2 Å². The summed E-state index contributed by atoms with van der Waals surface area (Å²) < 4.78 is 13.3. The fourth-order valence-corrected chi connectivity index (χ4v) is 7.44. The van der Waals surface area contributed by atoms with Gasteiger partial charge in [-0.1, -0.05) is 24.2 Å². The molecule has 5 rings (SSSR count). The molecule has 7 heteroatoms. The van der Waals surface area contributed by atoms with Crippen LogP contribution in [-0.4, -0.2) is 53.6 Å². The smallest absolute Gasteiger partial charge is 0.165 e. The lowest BCUT2D eigenvalue weighted by molar-refractivity contribution is -0.0490. The summed E-state index contributed by atoms with van der Waals surface area (Å²) in [5.74, 6) is 1.53. The summed E-state index contributed by atoms with van der Waals surface area (Å²) in [6.45, 7) is 12.6. The van der Waals surface area contributed by atoms with Crippen molar-refractivity contribution in [3.05, 3.63) is 56.8 Å². The molecular formula is C28H36ClNO4S. The molecule has 3 aliphatic rings. The van der Waals surface area contributed by atoms with Crippen LogP contribution < -0.4 is 4.74 Å². The number of aryl methyl sites for hydroxylation is 1. The Hall–Kier alpha value is -1.57. The van der Waals surface area contributed by atoms with Crippen molar-refractivity contribution in [2.45, 2.75) is 75.7 Å². The van der Waals surface area contributed by atoms with Crippen molar-refractivity contribution < 1.29 is 19.7 Å². The second-order valence-corrected chi connectivity index (χ2v) is 12.6. The summed E-state index contributed by atoms with van der Waals surface area (Å²) in [5, 5.41) is 22.4. The fourth-order valence-electron chi connectivity index (χ4n) is 6.31. The third-order valence-electron chi connectivity index (χ3n) is 8.50. The number of phenolic OH excluding ortho intramolecular Hbond substituents is 1. The number of aromatic hydroxyl groups is 1. The second-order valence-electron chi connectivity index (χ2n) is 10.9. The molecule has 5 atom stereocenters. The number of thiophene rings is 1. The summed E-state index contributed by atoms with van der Waals surface area (Å²) in [5.41, 5.74) is 1.02. The molecule has 0 radical (unpaired) electrons. The zero-order valence-electron chi connectivity index (χ0n) is 21.0. The van der Waals surface area contributed by atoms with Crippen molar-refractivity contribution >= 4 is 22.9 Å². The largest absolute Gasteiger partial charge is 0.504 e. The molecule has 2 aliphatic heterocycles. The molecule has 1 spiro atoms. The monoisotopic (exact) mass is 517 g/mol. The highest BCUT2D eigenvalue weighted by atomic mass is 35.5. The standard InChI is InChI=1S/C28H36ClNO4S/c1-16-6-9-20(31)25-23(16)28(12-13-30(17(2)14-28)15-19-7-8-19)26(34-25)24(33-5)18(3)27(4,32)21-10-11-22(29)35-21/h6,9-11,17,19,24,26,31-32H,3,7-8,12-15H2,1-2,4-5H3/t17-,24?,26+,27?,28+/m1/s1. The van der Waals surface area contributed by atoms with Crippen LogP contribution in [0.25, 0.3) is 0 Å². The van der Waals surface area contributed by atoms with Crippen LogP contribution in [0, 0.1) is 12.8 Å². The molecule has 1 aromatic heterocycles. The Balaban J connectivity index is 1.54. The van der Waals surface area contributed by atoms with Crippen LogP contribution in [-0.2, 0) is 15.8 Å². The molecule has 5 nitrogen and oxygen atoms in total. The highest BCUT2D eigenvalue weighted by molar-refractivity contribution is 7.16. The molecule has 1 aliphatic carbocycles. The number of hydrogen-bond donors (Lipinski definition) is 2. The van der Waals surface area contributed by atoms with Crippen LogP contribution in [0.3, 0.4) is 0 Å². The lowest BCUT2D eigenvalue weighted by Gasteiger charge is -2.48. The number of aliphatic hydroxyl groups is 1. The van der Waals surface area contributed by atoms with E-state index in [1.165, 1.54) is 24.2 Å². The first-order chi connectivity index (χ1) is 16.6. The summed E-state index contributed by atoms with van der Waals surface area (Å²) >= 11 is 7.52. The predicted octanol–water partition coefficient (Wildman–Crippen LogP) is 5.79. The molecule has 2 unspecified atom stereocenters. The average molecular weight is 518 g/mol. The van der Waals surface area contributed by atoms with Crippen LogP contribution in [0.5, 0.6) is 11.5 Å². The van der Waals surface area contributed by atoms with Gasteiger partial charge in [0.1, 0.15) is 17.8 Å². The predicted molar refractivity (Wildman–Crippen MR) is 141 cm³/mol. The Bertz CT molecular complexity index is 1130. The minimum Gasteiger partial charge on any atom is -0.504 e. The Morgan fingerprint density at radius 1 is 1.37 bits per heavy atom. The number of hydrogen-bond acceptors (Lipinski definition) is 6. The van der Waals surface area contributed by atoms with Gasteiger partial charge < -0.3 is 24.6 Å². The minimum absolute atomic E-state index is 0.151. The maximum absolute atomic E-state index is 11.6. The van der Waals surface area contributed by atoms with Crippen LogP contribution in [0.1, 0.15) is 55.5 Å². The van der Waals surface area contributed by atoms with Gasteiger partial charge in [-0.2, -0.15) is 0 Å². The number of benzene rings is 1. The van der Waals surface area contributed by atoms with Crippen molar-refractivity contribution in [2.75, 3.05) is 20.2 Å². The second kappa shape index (κ2) is 9.07. The van der Waals surface area contributed by atoms with E-state index in [2.05, 4.69) is 25.3 Å². The van der Waals surface area contributed by atoms with E-state index in [4.69, 9.17) is 21.1 Å². The van der Waals surface area contributed by atoms with E-state index in [1.54, 1.807) is 26.2 Å². The third kappa shape index (κ3) is 4.21. The van der Waals surface area contributed by atoms with Crippen molar-refractivity contribution in [1.29, 1.82) is 0 Å². The molecule has 190 valence electrons. The lowest BCUT2D eigenvalue weighted by atomic mass is 9.64. The fraction of sp³-hybridized carbons (Fsp3) is 0.571. The van der Waals surface area contributed by atoms with Crippen molar-refractivity contribution in [1.82, 2.24) is 4.90 Å². The van der Waals surface area contributed by atoms with E-state index in [1.807, 2.05) is 12.1 Å². The Morgan fingerprint density at radius 2 is 2.11 bits per heavy atom. The van der Waals surface area contributed by atoms with Crippen LogP contribution in [0.2, 0.25) is 4.34 Å². The first kappa shape index (κ1) is 25.1. The molecule has 2 fully saturated rings. The van der Waals surface area contributed by atoms with Crippen LogP contribution >= 0.6 is 22.9 Å². The van der Waals surface area contributed by atoms with Gasteiger partial charge in [0.15, 0.2) is 11.5 Å². The Kier molecular flexibility index (Phi) is 6.50. The number of likely N-dealkylation sites (tertiary alicyclic amines) is 1. The summed E-state index contributed by atoms with van der Waals surface area (Å²) in [6.07, 6.45) is 3.45. The Morgan fingerprint density at radius 3 is 2.71 bits per heavy atom. The zero-order valence-corrected chi connectivity index (χ0v) is 22.6. The number of fused-ring (bicyclic) bond motifs is 2. The Labute approximate surface area is 217 Å². The van der Waals surface area contributed by atoms with Gasteiger partial charge in [-0.15, -0.1) is 11.3 Å². The van der Waals surface area contributed by atoms with Gasteiger partial charge in [-0.25, -0.2) is 0 Å². The van der Waals surface area contributed by atoms with Gasteiger partial charge in [-0.3, -0.25) is 0 Å². The number of methoxy groups -OCH3 is 1. The van der Waals surface area contributed by atoms with E-state index in [9.17, 15) is 10.2 Å². The number of rotatable bonds is 7. The molecule has 1 saturated heterocycles. The van der Waals surface area contributed by atoms with Crippen molar-refractivity contribution in [3.63, 3.8) is 0 Å². The van der Waals surface area contributed by atoms with Gasteiger partial charge in [-0.05, 0) is 88.3 Å². The number of ether oxygens (including phenoxy) is 2. The van der Waals surface area contributed by atoms with E-state index in [0.717, 1.165) is 43.0 Å². The van der Waals surface area contributed by atoms with E-state index in [0.29, 0.717) is 26.6 Å². The van der Waals surface area contributed by atoms with Gasteiger partial charge in [0.05, 0.1) is 4.34 Å². The highest BCUT2D eigenvalue weighted by Gasteiger charge is 2.58. The van der Waals surface area contributed by atoms with Gasteiger partial charge in [0.25, 0.3) is 0 Å². The molecule has 1 aromatic carbocycles. The number of piperidine rings is 1. The SMILES string of the molecule is C=C(C(OC)[C@@H]1Oc2c(O)ccc(C)c2[C@@]12CCN(CC1CC1)[C@H](C)C2)C(C)(O)c1ccc(Cl)s1. The molecule has 0 amide bonds. The minimum atomic E-state index is -1.34. The maximum Gasteiger partial charge on any atom is 0.165 e. The third-order valence-corrected chi connectivity index (χ3v) is 9.94. The summed E-state index contributed by atoms with van der Waals surface area (Å²) in [7, 11) is 1.64. The normalized spacial score (nSPS) is 29.0. The molecule has 0 bridgehead atoms.